The van der Waals surface area contributed by atoms with Crippen molar-refractivity contribution in [3.8, 4) is 0 Å². The molecule has 3 heteroatoms. The van der Waals surface area contributed by atoms with E-state index in [4.69, 9.17) is 10.2 Å². The second kappa shape index (κ2) is 4.29. The minimum Gasteiger partial charge on any atom is -0.459 e. The van der Waals surface area contributed by atoms with E-state index >= 15 is 0 Å². The Hall–Kier alpha value is -0.930. The summed E-state index contributed by atoms with van der Waals surface area (Å²) in [7, 11) is 0. The third-order valence-corrected chi connectivity index (χ3v) is 3.09. The lowest BCUT2D eigenvalue weighted by Crippen LogP contribution is -2.11. The summed E-state index contributed by atoms with van der Waals surface area (Å²) in [6.45, 7) is 2.08. The average molecular weight is 221 g/mol. The van der Waals surface area contributed by atoms with Crippen LogP contribution < -0.4 is 5.73 Å². The quantitative estimate of drug-likeness (QED) is 0.865. The summed E-state index contributed by atoms with van der Waals surface area (Å²) in [5, 5.41) is 1.14. The number of aryl methyl sites for hydroxylation is 1. The van der Waals surface area contributed by atoms with E-state index in [0.29, 0.717) is 0 Å². The van der Waals surface area contributed by atoms with Crippen LogP contribution in [0, 0.1) is 6.92 Å². The van der Waals surface area contributed by atoms with Gasteiger partial charge in [0, 0.05) is 11.1 Å². The summed E-state index contributed by atoms with van der Waals surface area (Å²) >= 11 is 1.73. The van der Waals surface area contributed by atoms with Crippen LogP contribution in [0.25, 0.3) is 11.0 Å². The summed E-state index contributed by atoms with van der Waals surface area (Å²) in [6, 6.07) is 8.21. The van der Waals surface area contributed by atoms with Crippen molar-refractivity contribution in [2.45, 2.75) is 13.0 Å². The van der Waals surface area contributed by atoms with Crippen LogP contribution in [0.3, 0.4) is 0 Å². The van der Waals surface area contributed by atoms with Crippen molar-refractivity contribution in [1.82, 2.24) is 0 Å². The molecule has 2 aromatic rings. The Morgan fingerprint density at radius 1 is 1.40 bits per heavy atom. The SMILES string of the molecule is CSCC(N)c1cc2cc(C)ccc2o1. The minimum absolute atomic E-state index is 0.00675. The number of fused-ring (bicyclic) bond motifs is 1. The first kappa shape index (κ1) is 10.6. The molecule has 0 radical (unpaired) electrons. The van der Waals surface area contributed by atoms with Crippen LogP contribution >= 0.6 is 11.8 Å². The van der Waals surface area contributed by atoms with Crippen LogP contribution in [-0.4, -0.2) is 12.0 Å². The molecule has 2 N–H and O–H groups in total. The van der Waals surface area contributed by atoms with Gasteiger partial charge < -0.3 is 10.2 Å². The molecule has 1 unspecified atom stereocenters. The maximum Gasteiger partial charge on any atom is 0.134 e. The highest BCUT2D eigenvalue weighted by atomic mass is 32.2. The molecule has 0 bridgehead atoms. The third-order valence-electron chi connectivity index (χ3n) is 2.40. The van der Waals surface area contributed by atoms with Crippen molar-refractivity contribution in [2.24, 2.45) is 5.73 Å². The van der Waals surface area contributed by atoms with Gasteiger partial charge in [0.2, 0.25) is 0 Å². The predicted molar refractivity (Wildman–Crippen MR) is 66.3 cm³/mol. The van der Waals surface area contributed by atoms with Crippen molar-refractivity contribution in [3.05, 3.63) is 35.6 Å². The Labute approximate surface area is 93.8 Å². The fraction of sp³-hybridized carbons (Fsp3) is 0.333. The molecular weight excluding hydrogens is 206 g/mol. The van der Waals surface area contributed by atoms with E-state index in [2.05, 4.69) is 19.1 Å². The Morgan fingerprint density at radius 2 is 2.20 bits per heavy atom. The van der Waals surface area contributed by atoms with Crippen LogP contribution in [0.15, 0.2) is 28.7 Å². The number of nitrogens with two attached hydrogens (primary N) is 1. The summed E-state index contributed by atoms with van der Waals surface area (Å²) < 4.78 is 5.70. The molecule has 1 heterocycles. The summed E-state index contributed by atoms with van der Waals surface area (Å²) in [5.74, 6) is 1.77. The number of hydrogen-bond donors (Lipinski definition) is 1. The lowest BCUT2D eigenvalue weighted by atomic mass is 10.2. The molecule has 0 saturated carbocycles. The van der Waals surface area contributed by atoms with Gasteiger partial charge >= 0.3 is 0 Å². The Morgan fingerprint density at radius 3 is 2.93 bits per heavy atom. The maximum atomic E-state index is 5.99. The van der Waals surface area contributed by atoms with Gasteiger partial charge in [0.15, 0.2) is 0 Å². The molecule has 0 aliphatic rings. The first-order chi connectivity index (χ1) is 7.20. The fourth-order valence-corrected chi connectivity index (χ4v) is 2.15. The standard InChI is InChI=1S/C12H15NOS/c1-8-3-4-11-9(5-8)6-12(14-11)10(13)7-15-2/h3-6,10H,7,13H2,1-2H3. The molecule has 15 heavy (non-hydrogen) atoms. The monoisotopic (exact) mass is 221 g/mol. The molecule has 2 nitrogen and oxygen atoms in total. The number of hydrogen-bond acceptors (Lipinski definition) is 3. The second-order valence-electron chi connectivity index (χ2n) is 3.75. The van der Waals surface area contributed by atoms with Gasteiger partial charge in [0.05, 0.1) is 6.04 Å². The first-order valence-corrected chi connectivity index (χ1v) is 6.34. The minimum atomic E-state index is -0.00675. The van der Waals surface area contributed by atoms with Gasteiger partial charge in [-0.25, -0.2) is 0 Å². The molecule has 1 aromatic heterocycles. The summed E-state index contributed by atoms with van der Waals surface area (Å²) in [6.07, 6.45) is 2.05. The van der Waals surface area contributed by atoms with Crippen molar-refractivity contribution in [1.29, 1.82) is 0 Å². The van der Waals surface area contributed by atoms with Crippen molar-refractivity contribution in [3.63, 3.8) is 0 Å². The van der Waals surface area contributed by atoms with Crippen molar-refractivity contribution < 1.29 is 4.42 Å². The van der Waals surface area contributed by atoms with Crippen molar-refractivity contribution >= 4 is 22.7 Å². The third kappa shape index (κ3) is 2.19. The Kier molecular flexibility index (Phi) is 3.03. The van der Waals surface area contributed by atoms with Crippen LogP contribution in [0.2, 0.25) is 0 Å². The van der Waals surface area contributed by atoms with E-state index in [9.17, 15) is 0 Å². The zero-order valence-corrected chi connectivity index (χ0v) is 9.80. The largest absolute Gasteiger partial charge is 0.459 e. The normalized spacial score (nSPS) is 13.3. The molecule has 0 aliphatic heterocycles. The first-order valence-electron chi connectivity index (χ1n) is 4.95. The lowest BCUT2D eigenvalue weighted by Gasteiger charge is -2.04. The lowest BCUT2D eigenvalue weighted by molar-refractivity contribution is 0.516. The van der Waals surface area contributed by atoms with E-state index in [1.54, 1.807) is 11.8 Å². The van der Waals surface area contributed by atoms with Crippen molar-refractivity contribution in [2.75, 3.05) is 12.0 Å². The van der Waals surface area contributed by atoms with Gasteiger partial charge in [0.25, 0.3) is 0 Å². The van der Waals surface area contributed by atoms with Crippen LogP contribution in [0.4, 0.5) is 0 Å². The highest BCUT2D eigenvalue weighted by Crippen LogP contribution is 2.25. The number of furan rings is 1. The molecule has 1 aromatic carbocycles. The van der Waals surface area contributed by atoms with E-state index in [-0.39, 0.29) is 6.04 Å². The number of thioether (sulfide) groups is 1. The topological polar surface area (TPSA) is 39.2 Å². The molecule has 1 atom stereocenters. The summed E-state index contributed by atoms with van der Waals surface area (Å²) in [5.41, 5.74) is 8.16. The highest BCUT2D eigenvalue weighted by molar-refractivity contribution is 7.98. The van der Waals surface area contributed by atoms with Gasteiger partial charge in [-0.1, -0.05) is 11.6 Å². The summed E-state index contributed by atoms with van der Waals surface area (Å²) in [4.78, 5) is 0. The van der Waals surface area contributed by atoms with Gasteiger partial charge in [-0.3, -0.25) is 0 Å². The molecule has 0 spiro atoms. The Balaban J connectivity index is 2.38. The Bertz CT molecular complexity index is 464. The van der Waals surface area contributed by atoms with Crippen LogP contribution in [0.5, 0.6) is 0 Å². The molecule has 2 rings (SSSR count). The van der Waals surface area contributed by atoms with Gasteiger partial charge in [-0.15, -0.1) is 0 Å². The predicted octanol–water partition coefficient (Wildman–Crippen LogP) is 3.10. The number of benzene rings is 1. The zero-order valence-electron chi connectivity index (χ0n) is 8.99. The van der Waals surface area contributed by atoms with Gasteiger partial charge in [-0.05, 0) is 31.4 Å². The fourth-order valence-electron chi connectivity index (χ4n) is 1.63. The molecular formula is C12H15NOS. The maximum absolute atomic E-state index is 5.99. The average Bonchev–Trinajstić information content (AvgIpc) is 2.60. The van der Waals surface area contributed by atoms with Gasteiger partial charge in [-0.2, -0.15) is 11.8 Å². The second-order valence-corrected chi connectivity index (χ2v) is 4.66. The van der Waals surface area contributed by atoms with E-state index in [1.165, 1.54) is 5.56 Å². The molecule has 80 valence electrons. The van der Waals surface area contributed by atoms with E-state index in [1.807, 2.05) is 18.4 Å². The highest BCUT2D eigenvalue weighted by Gasteiger charge is 2.11. The number of rotatable bonds is 3. The van der Waals surface area contributed by atoms with Crippen LogP contribution in [-0.2, 0) is 0 Å². The van der Waals surface area contributed by atoms with Crippen LogP contribution in [0.1, 0.15) is 17.4 Å². The zero-order chi connectivity index (χ0) is 10.8. The van der Waals surface area contributed by atoms with E-state index < -0.39 is 0 Å². The van der Waals surface area contributed by atoms with Gasteiger partial charge in [0.1, 0.15) is 11.3 Å². The molecule has 0 fully saturated rings. The van der Waals surface area contributed by atoms with E-state index in [0.717, 1.165) is 22.5 Å². The smallest absolute Gasteiger partial charge is 0.134 e. The molecule has 0 amide bonds. The molecule has 0 aliphatic carbocycles. The molecule has 0 saturated heterocycles.